The van der Waals surface area contributed by atoms with Gasteiger partial charge in [0.1, 0.15) is 0 Å². The van der Waals surface area contributed by atoms with Crippen molar-refractivity contribution in [1.29, 1.82) is 0 Å². The van der Waals surface area contributed by atoms with Crippen molar-refractivity contribution in [2.45, 2.75) is 51.3 Å². The maximum absolute atomic E-state index is 13.0. The summed E-state index contributed by atoms with van der Waals surface area (Å²) in [5, 5.41) is 2.82. The SMILES string of the molecule is CCCS(=O)(=O)N1CCCC(C(=O)Nc2ccc(S(=O)(=O)N3CC(C)CC(C)C3)cc2)C1. The topological polar surface area (TPSA) is 104 Å². The second kappa shape index (κ2) is 10.2. The van der Waals surface area contributed by atoms with Crippen molar-refractivity contribution in [3.05, 3.63) is 24.3 Å². The summed E-state index contributed by atoms with van der Waals surface area (Å²) in [5.41, 5.74) is 0.503. The molecule has 2 aliphatic heterocycles. The molecule has 2 fully saturated rings. The van der Waals surface area contributed by atoms with Crippen LogP contribution in [0.3, 0.4) is 0 Å². The van der Waals surface area contributed by atoms with E-state index >= 15 is 0 Å². The molecule has 2 heterocycles. The van der Waals surface area contributed by atoms with Crippen molar-refractivity contribution in [2.75, 3.05) is 37.2 Å². The number of hydrogen-bond donors (Lipinski definition) is 1. The Morgan fingerprint density at radius 3 is 2.22 bits per heavy atom. The lowest BCUT2D eigenvalue weighted by Crippen LogP contribution is -2.44. The molecule has 0 spiro atoms. The molecule has 180 valence electrons. The number of sulfonamides is 2. The van der Waals surface area contributed by atoms with Gasteiger partial charge in [0.2, 0.25) is 26.0 Å². The normalized spacial score (nSPS) is 26.0. The highest BCUT2D eigenvalue weighted by molar-refractivity contribution is 7.89. The summed E-state index contributed by atoms with van der Waals surface area (Å²) < 4.78 is 53.7. The number of piperidine rings is 2. The molecule has 0 bridgehead atoms. The van der Waals surface area contributed by atoms with Gasteiger partial charge in [-0.2, -0.15) is 4.31 Å². The van der Waals surface area contributed by atoms with Gasteiger partial charge in [0.05, 0.1) is 16.6 Å². The lowest BCUT2D eigenvalue weighted by Gasteiger charge is -2.34. The Morgan fingerprint density at radius 1 is 1.00 bits per heavy atom. The number of nitrogens with one attached hydrogen (secondary N) is 1. The van der Waals surface area contributed by atoms with E-state index in [0.29, 0.717) is 56.4 Å². The first kappa shape index (κ1) is 25.1. The summed E-state index contributed by atoms with van der Waals surface area (Å²) in [4.78, 5) is 13.0. The number of anilines is 1. The number of amides is 1. The average molecular weight is 486 g/mol. The molecule has 3 unspecified atom stereocenters. The second-order valence-corrected chi connectivity index (χ2v) is 13.3. The Morgan fingerprint density at radius 2 is 1.62 bits per heavy atom. The van der Waals surface area contributed by atoms with Crippen LogP contribution in [0.1, 0.15) is 46.5 Å². The molecule has 2 saturated heterocycles. The molecule has 2 aliphatic rings. The third-order valence-corrected chi connectivity index (χ3v) is 10.1. The molecule has 32 heavy (non-hydrogen) atoms. The summed E-state index contributed by atoms with van der Waals surface area (Å²) in [6.45, 7) is 7.63. The maximum atomic E-state index is 13.0. The Labute approximate surface area is 192 Å². The number of nitrogens with zero attached hydrogens (tertiary/aromatic N) is 2. The third kappa shape index (κ3) is 5.89. The van der Waals surface area contributed by atoms with Crippen molar-refractivity contribution < 1.29 is 21.6 Å². The Hall–Kier alpha value is -1.49. The lowest BCUT2D eigenvalue weighted by atomic mass is 9.94. The zero-order valence-corrected chi connectivity index (χ0v) is 20.8. The molecule has 1 N–H and O–H groups in total. The van der Waals surface area contributed by atoms with Gasteiger partial charge in [0.15, 0.2) is 0 Å². The first-order chi connectivity index (χ1) is 15.0. The summed E-state index contributed by atoms with van der Waals surface area (Å²) in [5.74, 6) is 0.0728. The van der Waals surface area contributed by atoms with E-state index in [1.54, 1.807) is 16.4 Å². The van der Waals surface area contributed by atoms with E-state index in [-0.39, 0.29) is 23.1 Å². The number of hydrogen-bond acceptors (Lipinski definition) is 5. The van der Waals surface area contributed by atoms with Crippen LogP contribution in [0.5, 0.6) is 0 Å². The molecule has 0 aromatic heterocycles. The van der Waals surface area contributed by atoms with Gasteiger partial charge in [-0.15, -0.1) is 0 Å². The lowest BCUT2D eigenvalue weighted by molar-refractivity contribution is -0.120. The van der Waals surface area contributed by atoms with E-state index in [0.717, 1.165) is 6.42 Å². The van der Waals surface area contributed by atoms with Gasteiger partial charge in [-0.05, 0) is 61.8 Å². The summed E-state index contributed by atoms with van der Waals surface area (Å²) in [6.07, 6.45) is 2.84. The summed E-state index contributed by atoms with van der Waals surface area (Å²) in [7, 11) is -6.91. The van der Waals surface area contributed by atoms with Gasteiger partial charge in [0.25, 0.3) is 0 Å². The molecule has 8 nitrogen and oxygen atoms in total. The van der Waals surface area contributed by atoms with Crippen LogP contribution < -0.4 is 5.32 Å². The smallest absolute Gasteiger partial charge is 0.243 e. The molecular formula is C22H35N3O5S2. The van der Waals surface area contributed by atoms with Gasteiger partial charge >= 0.3 is 0 Å². The molecule has 10 heteroatoms. The molecule has 0 aliphatic carbocycles. The molecule has 1 aromatic carbocycles. The number of rotatable bonds is 7. The van der Waals surface area contributed by atoms with Crippen LogP contribution in [-0.4, -0.2) is 63.3 Å². The molecule has 1 aromatic rings. The van der Waals surface area contributed by atoms with Crippen LogP contribution in [0.25, 0.3) is 0 Å². The van der Waals surface area contributed by atoms with Crippen LogP contribution >= 0.6 is 0 Å². The van der Waals surface area contributed by atoms with E-state index in [1.807, 2.05) is 6.92 Å². The van der Waals surface area contributed by atoms with Crippen LogP contribution in [0.2, 0.25) is 0 Å². The van der Waals surface area contributed by atoms with E-state index in [9.17, 15) is 21.6 Å². The highest BCUT2D eigenvalue weighted by Gasteiger charge is 2.33. The highest BCUT2D eigenvalue weighted by Crippen LogP contribution is 2.27. The Kier molecular flexibility index (Phi) is 8.01. The second-order valence-electron chi connectivity index (χ2n) is 9.29. The summed E-state index contributed by atoms with van der Waals surface area (Å²) >= 11 is 0. The summed E-state index contributed by atoms with van der Waals surface area (Å²) in [6, 6.07) is 6.23. The van der Waals surface area contributed by atoms with E-state index in [1.165, 1.54) is 16.4 Å². The quantitative estimate of drug-likeness (QED) is 0.640. The molecular weight excluding hydrogens is 450 g/mol. The molecule has 3 rings (SSSR count). The van der Waals surface area contributed by atoms with E-state index in [2.05, 4.69) is 19.2 Å². The third-order valence-electron chi connectivity index (χ3n) is 6.21. The van der Waals surface area contributed by atoms with Gasteiger partial charge in [-0.1, -0.05) is 20.8 Å². The first-order valence-corrected chi connectivity index (χ1v) is 14.5. The minimum atomic E-state index is -3.58. The fourth-order valence-corrected chi connectivity index (χ4v) is 7.97. The maximum Gasteiger partial charge on any atom is 0.243 e. The molecule has 0 saturated carbocycles. The van der Waals surface area contributed by atoms with Crippen molar-refractivity contribution in [2.24, 2.45) is 17.8 Å². The van der Waals surface area contributed by atoms with Crippen LogP contribution in [-0.2, 0) is 24.8 Å². The van der Waals surface area contributed by atoms with E-state index < -0.39 is 26.0 Å². The standard InChI is InChI=1S/C22H35N3O5S2/c1-4-12-31(27,28)24-11-5-6-19(16-24)22(26)23-20-7-9-21(10-8-20)32(29,30)25-14-17(2)13-18(3)15-25/h7-10,17-19H,4-6,11-16H2,1-3H3,(H,23,26). The van der Waals surface area contributed by atoms with Crippen molar-refractivity contribution in [3.8, 4) is 0 Å². The van der Waals surface area contributed by atoms with Crippen molar-refractivity contribution in [1.82, 2.24) is 8.61 Å². The van der Waals surface area contributed by atoms with Crippen LogP contribution in [0.4, 0.5) is 5.69 Å². The number of benzene rings is 1. The molecule has 3 atom stereocenters. The average Bonchev–Trinajstić information content (AvgIpc) is 2.73. The first-order valence-electron chi connectivity index (χ1n) is 11.4. The van der Waals surface area contributed by atoms with Crippen LogP contribution in [0.15, 0.2) is 29.2 Å². The van der Waals surface area contributed by atoms with Gasteiger partial charge in [0, 0.05) is 31.9 Å². The predicted octanol–water partition coefficient (Wildman–Crippen LogP) is 2.74. The number of carbonyl (C=O) groups is 1. The Bertz CT molecular complexity index is 999. The minimum Gasteiger partial charge on any atom is -0.326 e. The van der Waals surface area contributed by atoms with Gasteiger partial charge < -0.3 is 5.32 Å². The zero-order valence-electron chi connectivity index (χ0n) is 19.2. The highest BCUT2D eigenvalue weighted by atomic mass is 32.2. The predicted molar refractivity (Wildman–Crippen MR) is 125 cm³/mol. The van der Waals surface area contributed by atoms with E-state index in [4.69, 9.17) is 0 Å². The van der Waals surface area contributed by atoms with Crippen molar-refractivity contribution >= 4 is 31.6 Å². The fraction of sp³-hybridized carbons (Fsp3) is 0.682. The van der Waals surface area contributed by atoms with Crippen LogP contribution in [0, 0.1) is 17.8 Å². The van der Waals surface area contributed by atoms with Gasteiger partial charge in [-0.25, -0.2) is 21.1 Å². The monoisotopic (exact) mass is 485 g/mol. The fourth-order valence-electron chi connectivity index (χ4n) is 4.70. The molecule has 0 radical (unpaired) electrons. The number of carbonyl (C=O) groups excluding carboxylic acids is 1. The molecule has 1 amide bonds. The van der Waals surface area contributed by atoms with Gasteiger partial charge in [-0.3, -0.25) is 4.79 Å². The van der Waals surface area contributed by atoms with Crippen molar-refractivity contribution in [3.63, 3.8) is 0 Å². The minimum absolute atomic E-state index is 0.0891. The largest absolute Gasteiger partial charge is 0.326 e. The Balaban J connectivity index is 1.64. The zero-order chi connectivity index (χ0) is 23.5.